The number of carbonyl (C=O) groups is 11. The van der Waals surface area contributed by atoms with E-state index in [0.717, 1.165) is 23.5 Å². The minimum atomic E-state index is -1.49. The molecule has 0 bridgehead atoms. The number of aromatic hydroxyl groups is 5. The second kappa shape index (κ2) is 51.1. The number of hydrogen-bond acceptors (Lipinski definition) is 38. The van der Waals surface area contributed by atoms with Crippen LogP contribution in [-0.4, -0.2) is 235 Å². The van der Waals surface area contributed by atoms with Gasteiger partial charge in [-0.2, -0.15) is 74.0 Å². The van der Waals surface area contributed by atoms with Gasteiger partial charge in [-0.1, -0.05) is 30.3 Å². The second-order valence-electron chi connectivity index (χ2n) is 25.2. The van der Waals surface area contributed by atoms with Crippen LogP contribution in [-0.2, 0) is 110 Å². The highest BCUT2D eigenvalue weighted by Crippen LogP contribution is 2.57. The minimum Gasteiger partial charge on any atom is -0.508 e. The highest BCUT2D eigenvalue weighted by Gasteiger charge is 2.54. The largest absolute Gasteiger partial charge is 0.508 e. The zero-order valence-electron chi connectivity index (χ0n) is 62.7. The molecule has 0 saturated carbocycles. The number of ether oxygens (including phenoxy) is 14. The predicted octanol–water partition coefficient (Wildman–Crippen LogP) is 9.87. The number of phenols is 5. The lowest BCUT2D eigenvalue weighted by molar-refractivity contribution is -0.173. The van der Waals surface area contributed by atoms with Crippen LogP contribution in [0.1, 0.15) is 91.3 Å². The fraction of sp³-hybridized carbons (Fsp3) is 0.468. The topological polar surface area (TPSA) is 418 Å². The maximum Gasteiger partial charge on any atom is 0.340 e. The summed E-state index contributed by atoms with van der Waals surface area (Å²) in [6.45, 7) is -2.16. The molecule has 0 radical (unpaired) electrons. The van der Waals surface area contributed by atoms with Crippen molar-refractivity contribution in [3.05, 3.63) is 119 Å². The zero-order valence-corrected chi connectivity index (χ0v) is 69.6. The fourth-order valence-electron chi connectivity index (χ4n) is 10.3. The molecule has 0 fully saturated rings. The SMILES string of the molecule is COCCOCCOC(=O)CCSCCC(=O)OCC(COC(=O)CCS)(COC(=O)CCS)COC(=O)CCSc1cccc(O)c1O.O=C(CCS)OCC(COC(=O)CCS)(COC(=O)CCSCCC(=O)Oc1ccc2c(c1)Oc1cc(O)ccc1C21OC(=O)c2ccccc21)COC(=O)CCSc1cccc(O)c1O. The number of phenolic OH excluding ortho intramolecular Hbond substituents is 5. The molecule has 0 aromatic heterocycles. The highest BCUT2D eigenvalue weighted by molar-refractivity contribution is 8.00. The van der Waals surface area contributed by atoms with Crippen molar-refractivity contribution in [1.82, 2.24) is 0 Å². The Morgan fingerprint density at radius 1 is 0.400 bits per heavy atom. The van der Waals surface area contributed by atoms with Gasteiger partial charge in [-0.15, -0.1) is 23.5 Å². The molecule has 7 rings (SSSR count). The van der Waals surface area contributed by atoms with E-state index >= 15 is 0 Å². The van der Waals surface area contributed by atoms with Crippen molar-refractivity contribution in [3.8, 4) is 46.0 Å². The molecule has 0 aliphatic carbocycles. The van der Waals surface area contributed by atoms with Crippen LogP contribution in [0.25, 0.3) is 0 Å². The number of benzene rings is 5. The summed E-state index contributed by atoms with van der Waals surface area (Å²) in [6.07, 6.45) is -0.315. The Morgan fingerprint density at radius 3 is 1.20 bits per heavy atom. The number of para-hydroxylation sites is 2. The molecule has 5 aromatic rings. The van der Waals surface area contributed by atoms with Gasteiger partial charge in [-0.3, -0.25) is 47.9 Å². The Kier molecular flexibility index (Phi) is 42.5. The van der Waals surface area contributed by atoms with Crippen molar-refractivity contribution in [2.45, 2.75) is 79.6 Å². The van der Waals surface area contributed by atoms with Gasteiger partial charge in [0.2, 0.25) is 0 Å². The zero-order chi connectivity index (χ0) is 83.6. The number of fused-ring (bicyclic) bond motifs is 6. The smallest absolute Gasteiger partial charge is 0.340 e. The van der Waals surface area contributed by atoms with Gasteiger partial charge in [0.05, 0.1) is 99.4 Å². The first kappa shape index (κ1) is 95.6. The normalized spacial score (nSPS) is 13.0. The number of thioether (sulfide) groups is 4. The van der Waals surface area contributed by atoms with Gasteiger partial charge in [0.1, 0.15) is 93.3 Å². The van der Waals surface area contributed by atoms with Gasteiger partial charge in [-0.25, -0.2) is 4.79 Å². The maximum atomic E-state index is 13.1. The summed E-state index contributed by atoms with van der Waals surface area (Å²) in [5.41, 5.74) is -2.26. The number of thiol groups is 4. The van der Waals surface area contributed by atoms with Crippen LogP contribution in [0.3, 0.4) is 0 Å². The van der Waals surface area contributed by atoms with E-state index < -0.39 is 129 Å². The van der Waals surface area contributed by atoms with Gasteiger partial charge in [0.25, 0.3) is 0 Å². The first-order chi connectivity index (χ1) is 55.3. The van der Waals surface area contributed by atoms with Crippen molar-refractivity contribution in [3.63, 3.8) is 0 Å². The number of methoxy groups -OCH3 is 1. The Hall–Kier alpha value is -8.21. The van der Waals surface area contributed by atoms with Gasteiger partial charge < -0.3 is 91.8 Å². The molecule has 1 spiro atoms. The van der Waals surface area contributed by atoms with Gasteiger partial charge >= 0.3 is 65.7 Å². The maximum absolute atomic E-state index is 13.1. The molecule has 115 heavy (non-hydrogen) atoms. The molecule has 0 amide bonds. The van der Waals surface area contributed by atoms with Crippen molar-refractivity contribution in [2.75, 3.05) is 144 Å². The van der Waals surface area contributed by atoms with Gasteiger partial charge in [-0.05, 0) is 54.6 Å². The minimum absolute atomic E-state index is 0.00968. The van der Waals surface area contributed by atoms with E-state index in [0.29, 0.717) is 56.8 Å². The molecule has 2 aliphatic heterocycles. The first-order valence-electron chi connectivity index (χ1n) is 35.9. The van der Waals surface area contributed by atoms with Crippen LogP contribution >= 0.6 is 97.6 Å². The summed E-state index contributed by atoms with van der Waals surface area (Å²) in [5.74, 6) is -4.67. The number of esters is 11. The summed E-state index contributed by atoms with van der Waals surface area (Å²) in [5, 5.41) is 49.7. The molecule has 628 valence electrons. The van der Waals surface area contributed by atoms with Crippen molar-refractivity contribution >= 4 is 163 Å². The van der Waals surface area contributed by atoms with E-state index in [1.54, 1.807) is 73.8 Å². The Morgan fingerprint density at radius 2 is 0.774 bits per heavy atom. The average Bonchev–Trinajstić information content (AvgIpc) is 1.60. The van der Waals surface area contributed by atoms with Gasteiger partial charge in [0, 0.05) is 93.5 Å². The van der Waals surface area contributed by atoms with E-state index in [4.69, 9.17) is 66.3 Å². The number of rotatable bonds is 51. The van der Waals surface area contributed by atoms with Crippen LogP contribution in [0.15, 0.2) is 107 Å². The summed E-state index contributed by atoms with van der Waals surface area (Å²) in [4.78, 5) is 139. The molecule has 2 aliphatic rings. The van der Waals surface area contributed by atoms with Crippen molar-refractivity contribution < 1.29 is 145 Å². The molecule has 5 aromatic carbocycles. The summed E-state index contributed by atoms with van der Waals surface area (Å²) < 4.78 is 76.6. The second-order valence-corrected chi connectivity index (χ2v) is 31.7. The molecular formula is C77H92O30S8. The number of hydrogen-bond donors (Lipinski definition) is 9. The molecule has 0 saturated heterocycles. The third kappa shape index (κ3) is 32.3. The third-order valence-corrected chi connectivity index (χ3v) is 21.2. The highest BCUT2D eigenvalue weighted by atomic mass is 32.2. The van der Waals surface area contributed by atoms with E-state index in [1.807, 2.05) is 0 Å². The Balaban J connectivity index is 0.000000376. The summed E-state index contributed by atoms with van der Waals surface area (Å²) in [7, 11) is 1.56. The molecule has 1 unspecified atom stereocenters. The lowest BCUT2D eigenvalue weighted by Crippen LogP contribution is -2.44. The van der Waals surface area contributed by atoms with Crippen LogP contribution in [0.4, 0.5) is 0 Å². The molecule has 38 heteroatoms. The molecular weight excluding hydrogens is 1660 g/mol. The summed E-state index contributed by atoms with van der Waals surface area (Å²) in [6, 6.07) is 25.2. The van der Waals surface area contributed by atoms with Crippen LogP contribution in [0.5, 0.6) is 46.0 Å². The van der Waals surface area contributed by atoms with Crippen molar-refractivity contribution in [2.24, 2.45) is 10.8 Å². The monoisotopic (exact) mass is 1750 g/mol. The molecule has 1 atom stereocenters. The van der Waals surface area contributed by atoms with Crippen LogP contribution in [0, 0.1) is 10.8 Å². The van der Waals surface area contributed by atoms with Crippen LogP contribution < -0.4 is 9.47 Å². The lowest BCUT2D eigenvalue weighted by atomic mass is 9.77. The summed E-state index contributed by atoms with van der Waals surface area (Å²) >= 11 is 21.0. The molecule has 5 N–H and O–H groups in total. The van der Waals surface area contributed by atoms with Crippen molar-refractivity contribution in [1.29, 1.82) is 0 Å². The van der Waals surface area contributed by atoms with E-state index in [-0.39, 0.29) is 175 Å². The van der Waals surface area contributed by atoms with Crippen LogP contribution in [0.2, 0.25) is 0 Å². The van der Waals surface area contributed by atoms with Gasteiger partial charge in [0.15, 0.2) is 28.6 Å². The average molecular weight is 1750 g/mol. The van der Waals surface area contributed by atoms with E-state index in [9.17, 15) is 78.3 Å². The number of carbonyl (C=O) groups excluding carboxylic acids is 11. The first-order valence-corrected chi connectivity index (χ1v) is 42.7. The predicted molar refractivity (Wildman–Crippen MR) is 435 cm³/mol. The van der Waals surface area contributed by atoms with E-state index in [2.05, 4.69) is 50.5 Å². The van der Waals surface area contributed by atoms with E-state index in [1.165, 1.54) is 53.9 Å². The standard InChI is InChI=1S/C46H46O16S4.C31H46O14S4/c47-28-8-10-32-35(22-28)61-36-23-29(9-11-33(36)46(32)31-5-2-1-4-30(31)44(55)62-46)60-42(53)15-20-65-19-14-40(51)58-26-45(24-56-38(49)12-17-63,25-57-39(50)13-18-64)27-59-41(52)16-21-66-37-7-3-6-34(48)43(37)54;1-39-10-11-40-12-13-41-27(35)7-16-48-17-8-28(36)44-21-31(19-42-25(33)5-14-46,20-43-26(34)6-15-47)22-45-29(37)9-18-49-24-4-2-3-23(32)30(24)38/h1-11,22-23,47-48,54,63-64H,12-21,24-27H2;2-4,32,38,46-47H,5-22H2,1H3. The Bertz CT molecular complexity index is 4030. The molecule has 2 heterocycles. The molecule has 30 nitrogen and oxygen atoms in total. The fourth-order valence-corrected chi connectivity index (χ4v) is 14.5. The third-order valence-electron chi connectivity index (χ3n) is 16.3. The lowest BCUT2D eigenvalue weighted by Gasteiger charge is -2.36. The Labute approximate surface area is 702 Å². The quantitative estimate of drug-likeness (QED) is 0.00332.